The summed E-state index contributed by atoms with van der Waals surface area (Å²) in [5, 5.41) is 0.459. The van der Waals surface area contributed by atoms with E-state index in [1.165, 1.54) is 18.6 Å². The van der Waals surface area contributed by atoms with Gasteiger partial charge in [-0.1, -0.05) is 13.8 Å². The molecule has 0 bridgehead atoms. The smallest absolute Gasteiger partial charge is 0.144 e. The lowest BCUT2D eigenvalue weighted by atomic mass is 10.1. The standard InChI is InChI=1S/C12H18IN3S/c1-7(2)6-8-10(13)11(14)16-12(15-8)9-4-3-5-17-9/h7,9H,3-6H2,1-2H3,(H2,14,15,16). The molecule has 1 aliphatic heterocycles. The maximum atomic E-state index is 6.00. The van der Waals surface area contributed by atoms with E-state index >= 15 is 0 Å². The SMILES string of the molecule is CC(C)Cc1nc(C2CCCS2)nc(N)c1I. The normalized spacial score (nSPS) is 20.1. The highest BCUT2D eigenvalue weighted by atomic mass is 127. The van der Waals surface area contributed by atoms with Crippen molar-refractivity contribution in [1.82, 2.24) is 9.97 Å². The number of nitrogens with two attached hydrogens (primary N) is 1. The summed E-state index contributed by atoms with van der Waals surface area (Å²) in [5.74, 6) is 3.42. The van der Waals surface area contributed by atoms with E-state index in [-0.39, 0.29) is 0 Å². The van der Waals surface area contributed by atoms with Gasteiger partial charge in [0.05, 0.1) is 14.5 Å². The molecule has 17 heavy (non-hydrogen) atoms. The van der Waals surface area contributed by atoms with Crippen molar-refractivity contribution in [1.29, 1.82) is 0 Å². The molecule has 1 unspecified atom stereocenters. The van der Waals surface area contributed by atoms with Gasteiger partial charge in [0.2, 0.25) is 0 Å². The first-order valence-corrected chi connectivity index (χ1v) is 8.14. The highest BCUT2D eigenvalue weighted by Crippen LogP contribution is 2.39. The molecule has 0 aliphatic carbocycles. The Morgan fingerprint density at radius 3 is 2.82 bits per heavy atom. The number of halogens is 1. The lowest BCUT2D eigenvalue weighted by molar-refractivity contribution is 0.625. The van der Waals surface area contributed by atoms with Gasteiger partial charge in [0.25, 0.3) is 0 Å². The summed E-state index contributed by atoms with van der Waals surface area (Å²) < 4.78 is 1.03. The summed E-state index contributed by atoms with van der Waals surface area (Å²) in [6, 6.07) is 0. The molecule has 0 amide bonds. The second kappa shape index (κ2) is 5.73. The molecule has 3 nitrogen and oxygen atoms in total. The maximum Gasteiger partial charge on any atom is 0.144 e. The number of nitrogen functional groups attached to an aromatic ring is 1. The van der Waals surface area contributed by atoms with E-state index < -0.39 is 0 Å². The van der Waals surface area contributed by atoms with Crippen molar-refractivity contribution in [3.8, 4) is 0 Å². The van der Waals surface area contributed by atoms with Crippen LogP contribution in [-0.4, -0.2) is 15.7 Å². The first-order valence-electron chi connectivity index (χ1n) is 6.01. The summed E-state index contributed by atoms with van der Waals surface area (Å²) in [6.45, 7) is 4.41. The summed E-state index contributed by atoms with van der Waals surface area (Å²) in [6.07, 6.45) is 3.44. The Morgan fingerprint density at radius 1 is 1.47 bits per heavy atom. The van der Waals surface area contributed by atoms with Crippen molar-refractivity contribution in [2.24, 2.45) is 5.92 Å². The molecule has 1 aliphatic rings. The van der Waals surface area contributed by atoms with Gasteiger partial charge >= 0.3 is 0 Å². The molecule has 1 aromatic rings. The lowest BCUT2D eigenvalue weighted by Crippen LogP contribution is -2.10. The molecule has 2 N–H and O–H groups in total. The van der Waals surface area contributed by atoms with E-state index in [1.54, 1.807) is 0 Å². The third-order valence-corrected chi connectivity index (χ3v) is 5.33. The van der Waals surface area contributed by atoms with Crippen LogP contribution in [0.25, 0.3) is 0 Å². The van der Waals surface area contributed by atoms with E-state index in [0.29, 0.717) is 17.0 Å². The van der Waals surface area contributed by atoms with Gasteiger partial charge in [0.1, 0.15) is 11.6 Å². The van der Waals surface area contributed by atoms with E-state index in [9.17, 15) is 0 Å². The zero-order valence-corrected chi connectivity index (χ0v) is 13.2. The molecule has 0 aromatic carbocycles. The predicted molar refractivity (Wildman–Crippen MR) is 82.1 cm³/mol. The van der Waals surface area contributed by atoms with Crippen LogP contribution in [0.1, 0.15) is 43.5 Å². The minimum absolute atomic E-state index is 0.459. The van der Waals surface area contributed by atoms with Gasteiger partial charge in [-0.2, -0.15) is 11.8 Å². The topological polar surface area (TPSA) is 51.8 Å². The first kappa shape index (κ1) is 13.4. The van der Waals surface area contributed by atoms with Crippen LogP contribution in [0.2, 0.25) is 0 Å². The van der Waals surface area contributed by atoms with Gasteiger partial charge in [0.15, 0.2) is 0 Å². The third-order valence-electron chi connectivity index (χ3n) is 2.78. The molecule has 1 saturated heterocycles. The molecule has 2 heterocycles. The van der Waals surface area contributed by atoms with Crippen LogP contribution in [-0.2, 0) is 6.42 Å². The van der Waals surface area contributed by atoms with Gasteiger partial charge in [0, 0.05) is 0 Å². The summed E-state index contributed by atoms with van der Waals surface area (Å²) in [4.78, 5) is 9.20. The fourth-order valence-corrected chi connectivity index (χ4v) is 3.65. The fourth-order valence-electron chi connectivity index (χ4n) is 1.98. The molecule has 2 rings (SSSR count). The minimum Gasteiger partial charge on any atom is -0.383 e. The first-order chi connectivity index (χ1) is 8.08. The van der Waals surface area contributed by atoms with Crippen LogP contribution < -0.4 is 5.73 Å². The molecular formula is C12H18IN3S. The van der Waals surface area contributed by atoms with E-state index in [4.69, 9.17) is 10.7 Å². The van der Waals surface area contributed by atoms with Gasteiger partial charge in [-0.3, -0.25) is 0 Å². The summed E-state index contributed by atoms with van der Waals surface area (Å²) >= 11 is 4.22. The molecule has 1 aromatic heterocycles. The van der Waals surface area contributed by atoms with Crippen molar-refractivity contribution in [3.05, 3.63) is 15.1 Å². The van der Waals surface area contributed by atoms with E-state index in [0.717, 1.165) is 21.5 Å². The predicted octanol–water partition coefficient (Wildman–Crippen LogP) is 3.43. The Hall–Kier alpha value is -0.0400. The second-order valence-electron chi connectivity index (χ2n) is 4.83. The number of hydrogen-bond donors (Lipinski definition) is 1. The van der Waals surface area contributed by atoms with Crippen LogP contribution in [0.3, 0.4) is 0 Å². The van der Waals surface area contributed by atoms with Crippen molar-refractivity contribution < 1.29 is 0 Å². The maximum absolute atomic E-state index is 6.00. The quantitative estimate of drug-likeness (QED) is 0.836. The number of nitrogens with zero attached hydrogens (tertiary/aromatic N) is 2. The van der Waals surface area contributed by atoms with Gasteiger partial charge in [-0.15, -0.1) is 0 Å². The highest BCUT2D eigenvalue weighted by Gasteiger charge is 2.22. The number of rotatable bonds is 3. The second-order valence-corrected chi connectivity index (χ2v) is 7.22. The Morgan fingerprint density at radius 2 is 2.24 bits per heavy atom. The van der Waals surface area contributed by atoms with Crippen molar-refractivity contribution >= 4 is 40.2 Å². The van der Waals surface area contributed by atoms with E-state index in [2.05, 4.69) is 41.4 Å². The zero-order valence-electron chi connectivity index (χ0n) is 10.2. The summed E-state index contributed by atoms with van der Waals surface area (Å²) in [5.41, 5.74) is 7.12. The number of aromatic nitrogens is 2. The molecule has 94 valence electrons. The Kier molecular flexibility index (Phi) is 4.52. The van der Waals surface area contributed by atoms with Crippen molar-refractivity contribution in [2.75, 3.05) is 11.5 Å². The van der Waals surface area contributed by atoms with Gasteiger partial charge in [-0.25, -0.2) is 9.97 Å². The van der Waals surface area contributed by atoms with Gasteiger partial charge in [-0.05, 0) is 53.5 Å². The number of thioether (sulfide) groups is 1. The molecule has 0 saturated carbocycles. The molecule has 1 atom stereocenters. The minimum atomic E-state index is 0.459. The molecule has 5 heteroatoms. The Bertz CT molecular complexity index is 403. The molecule has 0 radical (unpaired) electrons. The zero-order chi connectivity index (χ0) is 12.4. The third kappa shape index (κ3) is 3.24. The van der Waals surface area contributed by atoms with Crippen LogP contribution in [0.4, 0.5) is 5.82 Å². The highest BCUT2D eigenvalue weighted by molar-refractivity contribution is 14.1. The lowest BCUT2D eigenvalue weighted by Gasteiger charge is -2.13. The van der Waals surface area contributed by atoms with Crippen molar-refractivity contribution in [2.45, 2.75) is 38.4 Å². The van der Waals surface area contributed by atoms with Crippen LogP contribution in [0.15, 0.2) is 0 Å². The van der Waals surface area contributed by atoms with Gasteiger partial charge < -0.3 is 5.73 Å². The number of hydrogen-bond acceptors (Lipinski definition) is 4. The van der Waals surface area contributed by atoms with Crippen LogP contribution in [0, 0.1) is 9.49 Å². The Balaban J connectivity index is 2.31. The van der Waals surface area contributed by atoms with Crippen LogP contribution in [0.5, 0.6) is 0 Å². The molecule has 0 spiro atoms. The van der Waals surface area contributed by atoms with E-state index in [1.807, 2.05) is 11.8 Å². The largest absolute Gasteiger partial charge is 0.383 e. The monoisotopic (exact) mass is 363 g/mol. The average molecular weight is 363 g/mol. The molecule has 1 fully saturated rings. The number of anilines is 1. The van der Waals surface area contributed by atoms with Crippen molar-refractivity contribution in [3.63, 3.8) is 0 Å². The summed E-state index contributed by atoms with van der Waals surface area (Å²) in [7, 11) is 0. The Labute approximate surface area is 121 Å². The average Bonchev–Trinajstić information content (AvgIpc) is 2.77. The van der Waals surface area contributed by atoms with Crippen LogP contribution >= 0.6 is 34.4 Å². The molecular weight excluding hydrogens is 345 g/mol. The fraction of sp³-hybridized carbons (Fsp3) is 0.667.